The molecule has 2 aromatic rings. The Morgan fingerprint density at radius 2 is 1.91 bits per heavy atom. The first kappa shape index (κ1) is 14.4. The summed E-state index contributed by atoms with van der Waals surface area (Å²) in [5.74, 6) is 0.240. The van der Waals surface area contributed by atoms with Crippen molar-refractivity contribution in [3.63, 3.8) is 0 Å². The van der Waals surface area contributed by atoms with E-state index in [1.807, 2.05) is 36.4 Å². The maximum absolute atomic E-state index is 11.7. The minimum absolute atomic E-state index is 0.0491. The Hall–Kier alpha value is -2.49. The third-order valence-electron chi connectivity index (χ3n) is 4.27. The average Bonchev–Trinajstić information content (AvgIpc) is 2.52. The summed E-state index contributed by atoms with van der Waals surface area (Å²) in [6, 6.07) is 15.0. The van der Waals surface area contributed by atoms with Crippen LogP contribution in [0.4, 0.5) is 4.79 Å². The van der Waals surface area contributed by atoms with E-state index in [2.05, 4.69) is 0 Å². The summed E-state index contributed by atoms with van der Waals surface area (Å²) in [7, 11) is 0. The Labute approximate surface area is 129 Å². The van der Waals surface area contributed by atoms with Crippen molar-refractivity contribution in [1.82, 2.24) is 4.90 Å². The van der Waals surface area contributed by atoms with Crippen molar-refractivity contribution in [2.45, 2.75) is 31.8 Å². The van der Waals surface area contributed by atoms with Gasteiger partial charge < -0.3 is 15.1 Å². The molecular weight excluding hydrogens is 278 g/mol. The highest BCUT2D eigenvalue weighted by Gasteiger charge is 2.27. The third kappa shape index (κ3) is 3.06. The highest BCUT2D eigenvalue weighted by atomic mass is 16.4. The molecule has 1 amide bonds. The van der Waals surface area contributed by atoms with Crippen LogP contribution in [-0.2, 0) is 19.4 Å². The minimum Gasteiger partial charge on any atom is -0.508 e. The number of aromatic hydroxyl groups is 1. The Bertz CT molecular complexity index is 669. The van der Waals surface area contributed by atoms with E-state index in [0.717, 1.165) is 24.0 Å². The lowest BCUT2D eigenvalue weighted by Gasteiger charge is -2.33. The van der Waals surface area contributed by atoms with Crippen LogP contribution in [0, 0.1) is 0 Å². The average molecular weight is 297 g/mol. The topological polar surface area (TPSA) is 60.8 Å². The molecule has 114 valence electrons. The quantitative estimate of drug-likeness (QED) is 0.912. The van der Waals surface area contributed by atoms with E-state index in [1.54, 1.807) is 12.1 Å². The Kier molecular flexibility index (Phi) is 4.00. The highest BCUT2D eigenvalue weighted by molar-refractivity contribution is 5.65. The molecule has 4 nitrogen and oxygen atoms in total. The van der Waals surface area contributed by atoms with Crippen molar-refractivity contribution in [1.29, 1.82) is 0 Å². The molecule has 0 radical (unpaired) electrons. The molecular formula is C18H19NO3. The largest absolute Gasteiger partial charge is 0.508 e. The molecule has 1 aliphatic carbocycles. The number of benzene rings is 2. The summed E-state index contributed by atoms with van der Waals surface area (Å²) in [6.07, 6.45) is 1.43. The van der Waals surface area contributed by atoms with Gasteiger partial charge in [-0.15, -0.1) is 0 Å². The third-order valence-corrected chi connectivity index (χ3v) is 4.27. The molecule has 0 heterocycles. The fourth-order valence-corrected chi connectivity index (χ4v) is 3.12. The van der Waals surface area contributed by atoms with Gasteiger partial charge in [0.1, 0.15) is 5.75 Å². The number of hydrogen-bond donors (Lipinski definition) is 2. The lowest BCUT2D eigenvalue weighted by molar-refractivity contribution is 0.115. The molecule has 0 spiro atoms. The maximum atomic E-state index is 11.7. The van der Waals surface area contributed by atoms with Crippen LogP contribution in [-0.4, -0.2) is 27.2 Å². The minimum atomic E-state index is -0.891. The molecule has 0 unspecified atom stereocenters. The standard InChI is InChI=1S/C18H19NO3/c20-17-9-7-14-6-8-16(10-15(14)11-17)19(18(21)22)12-13-4-2-1-3-5-13/h1-5,7,9,11,16,20H,6,8,10,12H2,(H,21,22)/t16-/m0/s1. The number of phenolic OH excluding ortho intramolecular Hbond substituents is 1. The Morgan fingerprint density at radius 1 is 1.14 bits per heavy atom. The van der Waals surface area contributed by atoms with E-state index < -0.39 is 6.09 Å². The lowest BCUT2D eigenvalue weighted by atomic mass is 9.87. The molecule has 0 fully saturated rings. The summed E-state index contributed by atoms with van der Waals surface area (Å²) in [5.41, 5.74) is 3.25. The molecule has 0 aromatic heterocycles. The van der Waals surface area contributed by atoms with Crippen molar-refractivity contribution in [2.75, 3.05) is 0 Å². The van der Waals surface area contributed by atoms with Crippen LogP contribution in [0.5, 0.6) is 5.75 Å². The van der Waals surface area contributed by atoms with E-state index in [1.165, 1.54) is 10.5 Å². The molecule has 2 N–H and O–H groups in total. The fraction of sp³-hybridized carbons (Fsp3) is 0.278. The number of nitrogens with zero attached hydrogens (tertiary/aromatic N) is 1. The highest BCUT2D eigenvalue weighted by Crippen LogP contribution is 2.28. The first-order valence-corrected chi connectivity index (χ1v) is 7.48. The zero-order valence-corrected chi connectivity index (χ0v) is 12.3. The van der Waals surface area contributed by atoms with Crippen LogP contribution in [0.3, 0.4) is 0 Å². The van der Waals surface area contributed by atoms with E-state index in [-0.39, 0.29) is 11.8 Å². The van der Waals surface area contributed by atoms with E-state index in [9.17, 15) is 15.0 Å². The number of aryl methyl sites for hydroxylation is 1. The predicted molar refractivity (Wildman–Crippen MR) is 83.9 cm³/mol. The zero-order valence-electron chi connectivity index (χ0n) is 12.3. The molecule has 22 heavy (non-hydrogen) atoms. The number of rotatable bonds is 3. The molecule has 0 saturated heterocycles. The first-order valence-electron chi connectivity index (χ1n) is 7.48. The number of phenols is 1. The lowest BCUT2D eigenvalue weighted by Crippen LogP contribution is -2.42. The number of carbonyl (C=O) groups is 1. The van der Waals surface area contributed by atoms with Gasteiger partial charge >= 0.3 is 6.09 Å². The summed E-state index contributed by atoms with van der Waals surface area (Å²) in [4.78, 5) is 13.2. The first-order chi connectivity index (χ1) is 10.6. The second kappa shape index (κ2) is 6.10. The van der Waals surface area contributed by atoms with E-state index in [0.29, 0.717) is 13.0 Å². The number of carboxylic acid groups (broad SMARTS) is 1. The second-order valence-electron chi connectivity index (χ2n) is 5.75. The van der Waals surface area contributed by atoms with Crippen LogP contribution in [0.25, 0.3) is 0 Å². The van der Waals surface area contributed by atoms with Gasteiger partial charge in [-0.2, -0.15) is 0 Å². The van der Waals surface area contributed by atoms with Gasteiger partial charge in [0.2, 0.25) is 0 Å². The number of hydrogen-bond acceptors (Lipinski definition) is 2. The van der Waals surface area contributed by atoms with E-state index >= 15 is 0 Å². The fourth-order valence-electron chi connectivity index (χ4n) is 3.12. The zero-order chi connectivity index (χ0) is 15.5. The van der Waals surface area contributed by atoms with Crippen molar-refractivity contribution in [3.8, 4) is 5.75 Å². The summed E-state index contributed by atoms with van der Waals surface area (Å²) in [6.45, 7) is 0.398. The molecule has 0 saturated carbocycles. The molecule has 0 aliphatic heterocycles. The van der Waals surface area contributed by atoms with Gasteiger partial charge in [-0.1, -0.05) is 36.4 Å². The smallest absolute Gasteiger partial charge is 0.407 e. The molecule has 3 rings (SSSR count). The van der Waals surface area contributed by atoms with Crippen molar-refractivity contribution in [3.05, 3.63) is 65.2 Å². The van der Waals surface area contributed by atoms with Gasteiger partial charge in [-0.3, -0.25) is 0 Å². The van der Waals surface area contributed by atoms with Crippen molar-refractivity contribution >= 4 is 6.09 Å². The molecule has 1 aliphatic rings. The molecule has 2 aromatic carbocycles. The number of fused-ring (bicyclic) bond motifs is 1. The van der Waals surface area contributed by atoms with Gasteiger partial charge in [-0.05, 0) is 48.1 Å². The van der Waals surface area contributed by atoms with Gasteiger partial charge in [0.25, 0.3) is 0 Å². The molecule has 0 bridgehead atoms. The van der Waals surface area contributed by atoms with Crippen LogP contribution < -0.4 is 0 Å². The van der Waals surface area contributed by atoms with Gasteiger partial charge in [0.05, 0.1) is 0 Å². The van der Waals surface area contributed by atoms with Crippen LogP contribution in [0.2, 0.25) is 0 Å². The predicted octanol–water partition coefficient (Wildman–Crippen LogP) is 3.43. The second-order valence-corrected chi connectivity index (χ2v) is 5.75. The summed E-state index contributed by atoms with van der Waals surface area (Å²) < 4.78 is 0. The van der Waals surface area contributed by atoms with Gasteiger partial charge in [-0.25, -0.2) is 4.79 Å². The van der Waals surface area contributed by atoms with Crippen LogP contribution in [0.15, 0.2) is 48.5 Å². The Morgan fingerprint density at radius 3 is 2.64 bits per heavy atom. The number of amides is 1. The van der Waals surface area contributed by atoms with Gasteiger partial charge in [0, 0.05) is 12.6 Å². The molecule has 1 atom stereocenters. The van der Waals surface area contributed by atoms with Crippen LogP contribution >= 0.6 is 0 Å². The SMILES string of the molecule is O=C(O)N(Cc1ccccc1)[C@H]1CCc2ccc(O)cc2C1. The summed E-state index contributed by atoms with van der Waals surface area (Å²) in [5, 5.41) is 19.2. The molecule has 4 heteroatoms. The van der Waals surface area contributed by atoms with Crippen LogP contribution in [0.1, 0.15) is 23.1 Å². The Balaban J connectivity index is 1.80. The summed E-state index contributed by atoms with van der Waals surface area (Å²) >= 11 is 0. The monoisotopic (exact) mass is 297 g/mol. The van der Waals surface area contributed by atoms with Crippen molar-refractivity contribution < 1.29 is 15.0 Å². The maximum Gasteiger partial charge on any atom is 0.407 e. The van der Waals surface area contributed by atoms with E-state index in [4.69, 9.17) is 0 Å². The van der Waals surface area contributed by atoms with Gasteiger partial charge in [0.15, 0.2) is 0 Å². The normalized spacial score (nSPS) is 16.8. The van der Waals surface area contributed by atoms with Crippen molar-refractivity contribution in [2.24, 2.45) is 0 Å².